The number of halogens is 1. The molecule has 0 bridgehead atoms. The fraction of sp³-hybridized carbons (Fsp3) is 0.391. The number of anilines is 1. The van der Waals surface area contributed by atoms with Crippen molar-refractivity contribution in [1.29, 1.82) is 0 Å². The minimum Gasteiger partial charge on any atom is -0.309 e. The highest BCUT2D eigenvalue weighted by Gasteiger charge is 2.23. The highest BCUT2D eigenvalue weighted by molar-refractivity contribution is 7.22. The SMILES string of the molecule is Cc1ccc(C(=O)N(CCCN(C)C)c2nc3cc(C)cc(C)c3s2)c(C)c1.Cl. The standard InChI is InChI=1S/C23H29N3OS.ClH/c1-15-8-9-19(17(3)12-15)22(27)26(11-7-10-25(5)6)23-24-20-14-16(2)13-18(4)21(20)28-23;/h8-9,12-14H,7,10-11H2,1-6H3;1H. The molecule has 3 rings (SSSR count). The quantitative estimate of drug-likeness (QED) is 0.513. The van der Waals surface area contributed by atoms with Crippen molar-refractivity contribution >= 4 is 45.0 Å². The Kier molecular flexibility index (Phi) is 7.80. The Labute approximate surface area is 184 Å². The summed E-state index contributed by atoms with van der Waals surface area (Å²) in [4.78, 5) is 22.3. The van der Waals surface area contributed by atoms with Gasteiger partial charge in [-0.15, -0.1) is 12.4 Å². The third-order valence-corrected chi connectivity index (χ3v) is 6.11. The Morgan fingerprint density at radius 3 is 2.31 bits per heavy atom. The molecule has 2 aromatic carbocycles. The third kappa shape index (κ3) is 5.35. The Morgan fingerprint density at radius 1 is 0.966 bits per heavy atom. The van der Waals surface area contributed by atoms with Crippen LogP contribution in [-0.2, 0) is 0 Å². The lowest BCUT2D eigenvalue weighted by Crippen LogP contribution is -2.33. The largest absolute Gasteiger partial charge is 0.309 e. The van der Waals surface area contributed by atoms with E-state index in [1.54, 1.807) is 11.3 Å². The molecule has 0 fully saturated rings. The van der Waals surface area contributed by atoms with E-state index in [9.17, 15) is 4.79 Å². The number of benzene rings is 2. The lowest BCUT2D eigenvalue weighted by atomic mass is 10.0. The third-order valence-electron chi connectivity index (χ3n) is 4.88. The molecule has 0 saturated heterocycles. The predicted octanol–water partition coefficient (Wildman–Crippen LogP) is 5.55. The average molecular weight is 432 g/mol. The van der Waals surface area contributed by atoms with E-state index in [0.29, 0.717) is 6.54 Å². The van der Waals surface area contributed by atoms with Gasteiger partial charge in [0.05, 0.1) is 10.2 Å². The van der Waals surface area contributed by atoms with Gasteiger partial charge in [0.2, 0.25) is 0 Å². The van der Waals surface area contributed by atoms with Gasteiger partial charge < -0.3 is 4.90 Å². The molecule has 4 nitrogen and oxygen atoms in total. The van der Waals surface area contributed by atoms with Crippen molar-refractivity contribution in [2.75, 3.05) is 32.1 Å². The maximum atomic E-state index is 13.5. The van der Waals surface area contributed by atoms with Gasteiger partial charge in [-0.1, -0.05) is 35.1 Å². The number of fused-ring (bicyclic) bond motifs is 1. The van der Waals surface area contributed by atoms with Crippen molar-refractivity contribution in [3.8, 4) is 0 Å². The fourth-order valence-corrected chi connectivity index (χ4v) is 4.55. The van der Waals surface area contributed by atoms with E-state index in [-0.39, 0.29) is 18.3 Å². The maximum Gasteiger partial charge on any atom is 0.260 e. The lowest BCUT2D eigenvalue weighted by Gasteiger charge is -2.22. The predicted molar refractivity (Wildman–Crippen MR) is 127 cm³/mol. The van der Waals surface area contributed by atoms with E-state index >= 15 is 0 Å². The number of hydrogen-bond acceptors (Lipinski definition) is 4. The van der Waals surface area contributed by atoms with Crippen molar-refractivity contribution in [3.63, 3.8) is 0 Å². The molecule has 0 radical (unpaired) electrons. The second-order valence-electron chi connectivity index (χ2n) is 7.86. The number of carbonyl (C=O) groups excluding carboxylic acids is 1. The average Bonchev–Trinajstić information content (AvgIpc) is 3.02. The zero-order chi connectivity index (χ0) is 20.4. The van der Waals surface area contributed by atoms with Gasteiger partial charge in [0.1, 0.15) is 0 Å². The molecule has 0 unspecified atom stereocenters. The summed E-state index contributed by atoms with van der Waals surface area (Å²) in [6, 6.07) is 10.3. The van der Waals surface area contributed by atoms with Gasteiger partial charge in [0.25, 0.3) is 5.91 Å². The molecule has 0 aliphatic carbocycles. The number of aryl methyl sites for hydroxylation is 4. The second kappa shape index (κ2) is 9.70. The van der Waals surface area contributed by atoms with Crippen LogP contribution in [0.25, 0.3) is 10.2 Å². The van der Waals surface area contributed by atoms with Crippen LogP contribution >= 0.6 is 23.7 Å². The summed E-state index contributed by atoms with van der Waals surface area (Å²) in [6.07, 6.45) is 0.900. The molecule has 0 aliphatic rings. The molecule has 156 valence electrons. The van der Waals surface area contributed by atoms with Crippen LogP contribution in [0.1, 0.15) is 39.0 Å². The number of amides is 1. The first-order valence-corrected chi connectivity index (χ1v) is 10.5. The Bertz CT molecular complexity index is 1010. The Balaban J connectivity index is 0.00000300. The molecule has 0 N–H and O–H groups in total. The number of nitrogens with zero attached hydrogens (tertiary/aromatic N) is 3. The minimum atomic E-state index is 0. The van der Waals surface area contributed by atoms with E-state index in [1.807, 2.05) is 24.0 Å². The molecule has 3 aromatic rings. The maximum absolute atomic E-state index is 13.5. The van der Waals surface area contributed by atoms with Crippen molar-refractivity contribution in [1.82, 2.24) is 9.88 Å². The number of hydrogen-bond donors (Lipinski definition) is 0. The van der Waals surface area contributed by atoms with Crippen LogP contribution in [0.2, 0.25) is 0 Å². The van der Waals surface area contributed by atoms with E-state index < -0.39 is 0 Å². The second-order valence-corrected chi connectivity index (χ2v) is 8.84. The summed E-state index contributed by atoms with van der Waals surface area (Å²) in [7, 11) is 4.11. The van der Waals surface area contributed by atoms with Crippen LogP contribution in [0.3, 0.4) is 0 Å². The molecule has 1 heterocycles. The summed E-state index contributed by atoms with van der Waals surface area (Å²) < 4.78 is 1.16. The monoisotopic (exact) mass is 431 g/mol. The Hall–Kier alpha value is -1.95. The summed E-state index contributed by atoms with van der Waals surface area (Å²) in [5.74, 6) is 0.0321. The van der Waals surface area contributed by atoms with Crippen LogP contribution in [0.15, 0.2) is 30.3 Å². The van der Waals surface area contributed by atoms with Gasteiger partial charge in [-0.3, -0.25) is 9.69 Å². The van der Waals surface area contributed by atoms with E-state index in [0.717, 1.165) is 39.4 Å². The van der Waals surface area contributed by atoms with Gasteiger partial charge in [-0.05, 0) is 83.6 Å². The zero-order valence-corrected chi connectivity index (χ0v) is 19.7. The summed E-state index contributed by atoms with van der Waals surface area (Å²) in [5.41, 5.74) is 6.31. The van der Waals surface area contributed by atoms with E-state index in [4.69, 9.17) is 4.98 Å². The molecule has 29 heavy (non-hydrogen) atoms. The van der Waals surface area contributed by atoms with Gasteiger partial charge in [0.15, 0.2) is 5.13 Å². The smallest absolute Gasteiger partial charge is 0.260 e. The van der Waals surface area contributed by atoms with Crippen molar-refractivity contribution in [2.45, 2.75) is 34.1 Å². The summed E-state index contributed by atoms with van der Waals surface area (Å²) >= 11 is 1.61. The van der Waals surface area contributed by atoms with Crippen LogP contribution in [0.4, 0.5) is 5.13 Å². The number of thiazole rings is 1. The molecule has 6 heteroatoms. The van der Waals surface area contributed by atoms with Crippen LogP contribution < -0.4 is 4.90 Å². The zero-order valence-electron chi connectivity index (χ0n) is 18.1. The van der Waals surface area contributed by atoms with Crippen LogP contribution in [0.5, 0.6) is 0 Å². The number of rotatable bonds is 6. The molecule has 1 aromatic heterocycles. The first-order valence-electron chi connectivity index (χ1n) is 9.68. The van der Waals surface area contributed by atoms with E-state index in [1.165, 1.54) is 16.7 Å². The molecular formula is C23H30ClN3OS. The van der Waals surface area contributed by atoms with Gasteiger partial charge in [-0.25, -0.2) is 4.98 Å². The molecule has 1 amide bonds. The lowest BCUT2D eigenvalue weighted by molar-refractivity contribution is 0.0985. The Morgan fingerprint density at radius 2 is 1.66 bits per heavy atom. The van der Waals surface area contributed by atoms with Crippen LogP contribution in [0, 0.1) is 27.7 Å². The van der Waals surface area contributed by atoms with Crippen molar-refractivity contribution < 1.29 is 4.79 Å². The fourth-order valence-electron chi connectivity index (χ4n) is 3.51. The van der Waals surface area contributed by atoms with Crippen LogP contribution in [-0.4, -0.2) is 43.0 Å². The molecular weight excluding hydrogens is 402 g/mol. The highest BCUT2D eigenvalue weighted by atomic mass is 35.5. The summed E-state index contributed by atoms with van der Waals surface area (Å²) in [5, 5.41) is 0.785. The number of aromatic nitrogens is 1. The number of carbonyl (C=O) groups is 1. The minimum absolute atomic E-state index is 0. The van der Waals surface area contributed by atoms with E-state index in [2.05, 4.69) is 58.0 Å². The first kappa shape index (κ1) is 23.3. The highest BCUT2D eigenvalue weighted by Crippen LogP contribution is 2.33. The first-order chi connectivity index (χ1) is 13.3. The molecule has 0 aliphatic heterocycles. The molecule has 0 saturated carbocycles. The van der Waals surface area contributed by atoms with Crippen molar-refractivity contribution in [2.24, 2.45) is 0 Å². The summed E-state index contributed by atoms with van der Waals surface area (Å²) in [6.45, 7) is 9.83. The topological polar surface area (TPSA) is 36.4 Å². The van der Waals surface area contributed by atoms with Gasteiger partial charge >= 0.3 is 0 Å². The normalized spacial score (nSPS) is 11.0. The molecule has 0 spiro atoms. The van der Waals surface area contributed by atoms with Crippen molar-refractivity contribution in [3.05, 3.63) is 58.1 Å². The van der Waals surface area contributed by atoms with Gasteiger partial charge in [0, 0.05) is 12.1 Å². The van der Waals surface area contributed by atoms with Gasteiger partial charge in [-0.2, -0.15) is 0 Å². The molecule has 0 atom stereocenters.